The zero-order valence-electron chi connectivity index (χ0n) is 11.7. The molecular weight excluding hydrogens is 318 g/mol. The molecule has 3 nitrogen and oxygen atoms in total. The highest BCUT2D eigenvalue weighted by molar-refractivity contribution is 9.09. The van der Waals surface area contributed by atoms with Crippen LogP contribution in [0.2, 0.25) is 0 Å². The van der Waals surface area contributed by atoms with E-state index >= 15 is 0 Å². The Morgan fingerprint density at radius 2 is 1.95 bits per heavy atom. The zero-order chi connectivity index (χ0) is 14.5. The molecule has 2 aromatic carbocycles. The molecule has 0 heterocycles. The van der Waals surface area contributed by atoms with Crippen molar-refractivity contribution in [2.45, 2.75) is 4.83 Å². The number of nitrogens with zero attached hydrogens (tertiary/aromatic N) is 1. The van der Waals surface area contributed by atoms with E-state index in [1.807, 2.05) is 42.5 Å². The minimum absolute atomic E-state index is 0.0244. The number of benzene rings is 2. The maximum atomic E-state index is 12.4. The number of fused-ring (bicyclic) bond motifs is 1. The number of rotatable bonds is 5. The minimum atomic E-state index is 0.0244. The second-order valence-corrected chi connectivity index (χ2v) is 6.10. The SMILES string of the molecule is COCC(Br)CN(C)C(=O)c1ccc2ccccc2c1. The largest absolute Gasteiger partial charge is 0.383 e. The van der Waals surface area contributed by atoms with Crippen molar-refractivity contribution in [2.75, 3.05) is 27.3 Å². The third-order valence-electron chi connectivity index (χ3n) is 3.16. The summed E-state index contributed by atoms with van der Waals surface area (Å²) in [7, 11) is 3.46. The average Bonchev–Trinajstić information content (AvgIpc) is 2.46. The topological polar surface area (TPSA) is 29.5 Å². The van der Waals surface area contributed by atoms with Crippen LogP contribution in [0.15, 0.2) is 42.5 Å². The van der Waals surface area contributed by atoms with Crippen LogP contribution in [0.25, 0.3) is 10.8 Å². The van der Waals surface area contributed by atoms with Gasteiger partial charge in [0.15, 0.2) is 0 Å². The summed E-state index contributed by atoms with van der Waals surface area (Å²) in [4.78, 5) is 14.2. The van der Waals surface area contributed by atoms with Gasteiger partial charge in [-0.2, -0.15) is 0 Å². The number of ether oxygens (including phenoxy) is 1. The normalized spacial score (nSPS) is 12.3. The molecule has 0 fully saturated rings. The van der Waals surface area contributed by atoms with E-state index in [1.165, 1.54) is 0 Å². The van der Waals surface area contributed by atoms with Gasteiger partial charge in [0.1, 0.15) is 0 Å². The summed E-state index contributed by atoms with van der Waals surface area (Å²) >= 11 is 3.50. The summed E-state index contributed by atoms with van der Waals surface area (Å²) in [5.41, 5.74) is 0.711. The van der Waals surface area contributed by atoms with Crippen LogP contribution in [0.3, 0.4) is 0 Å². The molecular formula is C16H18BrNO2. The van der Waals surface area contributed by atoms with Gasteiger partial charge in [-0.3, -0.25) is 4.79 Å². The number of halogens is 1. The lowest BCUT2D eigenvalue weighted by atomic mass is 10.1. The first-order chi connectivity index (χ1) is 9.61. The lowest BCUT2D eigenvalue weighted by Gasteiger charge is -2.20. The highest BCUT2D eigenvalue weighted by Crippen LogP contribution is 2.17. The fourth-order valence-electron chi connectivity index (χ4n) is 2.16. The van der Waals surface area contributed by atoms with Crippen molar-refractivity contribution in [3.8, 4) is 0 Å². The molecule has 0 aliphatic heterocycles. The van der Waals surface area contributed by atoms with Gasteiger partial charge >= 0.3 is 0 Å². The van der Waals surface area contributed by atoms with Crippen LogP contribution >= 0.6 is 15.9 Å². The first-order valence-electron chi connectivity index (χ1n) is 6.49. The predicted octanol–water partition coefficient (Wildman–Crippen LogP) is 3.32. The van der Waals surface area contributed by atoms with E-state index in [4.69, 9.17) is 4.74 Å². The van der Waals surface area contributed by atoms with Gasteiger partial charge in [0.25, 0.3) is 5.91 Å². The molecule has 1 amide bonds. The van der Waals surface area contributed by atoms with Crippen molar-refractivity contribution in [3.05, 3.63) is 48.0 Å². The number of carbonyl (C=O) groups is 1. The van der Waals surface area contributed by atoms with E-state index < -0.39 is 0 Å². The van der Waals surface area contributed by atoms with Crippen LogP contribution in [0.1, 0.15) is 10.4 Å². The molecule has 1 atom stereocenters. The van der Waals surface area contributed by atoms with Crippen molar-refractivity contribution in [1.29, 1.82) is 0 Å². The van der Waals surface area contributed by atoms with Crippen molar-refractivity contribution in [1.82, 2.24) is 4.90 Å². The molecule has 0 aliphatic rings. The van der Waals surface area contributed by atoms with Gasteiger partial charge < -0.3 is 9.64 Å². The number of amides is 1. The Morgan fingerprint density at radius 3 is 2.65 bits per heavy atom. The van der Waals surface area contributed by atoms with Gasteiger partial charge in [-0.05, 0) is 22.9 Å². The Labute approximate surface area is 127 Å². The second kappa shape index (κ2) is 6.86. The molecule has 2 rings (SSSR count). The standard InChI is InChI=1S/C16H18BrNO2/c1-18(10-15(17)11-20-2)16(19)14-8-7-12-5-3-4-6-13(12)9-14/h3-9,15H,10-11H2,1-2H3. The van der Waals surface area contributed by atoms with Gasteiger partial charge in [-0.25, -0.2) is 0 Å². The quantitative estimate of drug-likeness (QED) is 0.784. The van der Waals surface area contributed by atoms with Gasteiger partial charge in [-0.15, -0.1) is 0 Å². The molecule has 0 N–H and O–H groups in total. The van der Waals surface area contributed by atoms with Crippen LogP contribution in [-0.2, 0) is 4.74 Å². The highest BCUT2D eigenvalue weighted by atomic mass is 79.9. The first-order valence-corrected chi connectivity index (χ1v) is 7.40. The highest BCUT2D eigenvalue weighted by Gasteiger charge is 2.15. The molecule has 1 unspecified atom stereocenters. The Kier molecular flexibility index (Phi) is 5.15. The van der Waals surface area contributed by atoms with Crippen molar-refractivity contribution < 1.29 is 9.53 Å². The molecule has 106 valence electrons. The van der Waals surface area contributed by atoms with Crippen LogP contribution < -0.4 is 0 Å². The van der Waals surface area contributed by atoms with Gasteiger partial charge in [0, 0.05) is 26.3 Å². The Morgan fingerprint density at radius 1 is 1.25 bits per heavy atom. The summed E-state index contributed by atoms with van der Waals surface area (Å²) in [6.07, 6.45) is 0. The molecule has 0 saturated heterocycles. The van der Waals surface area contributed by atoms with E-state index in [0.717, 1.165) is 10.8 Å². The van der Waals surface area contributed by atoms with Gasteiger partial charge in [0.05, 0.1) is 11.4 Å². The molecule has 0 aliphatic carbocycles. The van der Waals surface area contributed by atoms with Crippen LogP contribution in [0.5, 0.6) is 0 Å². The van der Waals surface area contributed by atoms with Crippen molar-refractivity contribution >= 4 is 32.6 Å². The summed E-state index contributed by atoms with van der Waals surface area (Å²) in [5.74, 6) is 0.0244. The third kappa shape index (κ3) is 3.58. The van der Waals surface area contributed by atoms with Crippen molar-refractivity contribution in [2.24, 2.45) is 0 Å². The Balaban J connectivity index is 2.14. The molecule has 20 heavy (non-hydrogen) atoms. The van der Waals surface area contributed by atoms with Crippen LogP contribution in [0.4, 0.5) is 0 Å². The van der Waals surface area contributed by atoms with E-state index in [1.54, 1.807) is 19.1 Å². The minimum Gasteiger partial charge on any atom is -0.383 e. The Bertz CT molecular complexity index is 600. The van der Waals surface area contributed by atoms with Gasteiger partial charge in [-0.1, -0.05) is 46.3 Å². The van der Waals surface area contributed by atoms with E-state index in [0.29, 0.717) is 18.7 Å². The molecule has 0 spiro atoms. The number of carbonyl (C=O) groups excluding carboxylic acids is 1. The maximum Gasteiger partial charge on any atom is 0.253 e. The lowest BCUT2D eigenvalue weighted by Crippen LogP contribution is -2.33. The lowest BCUT2D eigenvalue weighted by molar-refractivity contribution is 0.0784. The number of hydrogen-bond acceptors (Lipinski definition) is 2. The van der Waals surface area contributed by atoms with Crippen LogP contribution in [-0.4, -0.2) is 42.9 Å². The van der Waals surface area contributed by atoms with E-state index in [2.05, 4.69) is 15.9 Å². The molecule has 4 heteroatoms. The average molecular weight is 336 g/mol. The fraction of sp³-hybridized carbons (Fsp3) is 0.312. The summed E-state index contributed by atoms with van der Waals surface area (Å²) in [6, 6.07) is 13.8. The zero-order valence-corrected chi connectivity index (χ0v) is 13.3. The first kappa shape index (κ1) is 15.0. The maximum absolute atomic E-state index is 12.4. The third-order valence-corrected chi connectivity index (χ3v) is 3.72. The molecule has 0 radical (unpaired) electrons. The van der Waals surface area contributed by atoms with Gasteiger partial charge in [0.2, 0.25) is 0 Å². The predicted molar refractivity (Wildman–Crippen MR) is 85.5 cm³/mol. The smallest absolute Gasteiger partial charge is 0.253 e. The van der Waals surface area contributed by atoms with Crippen LogP contribution in [0, 0.1) is 0 Å². The number of hydrogen-bond donors (Lipinski definition) is 0. The second-order valence-electron chi connectivity index (χ2n) is 4.80. The fourth-order valence-corrected chi connectivity index (χ4v) is 2.86. The summed E-state index contributed by atoms with van der Waals surface area (Å²) in [5, 5.41) is 2.23. The van der Waals surface area contributed by atoms with E-state index in [-0.39, 0.29) is 10.7 Å². The number of alkyl halides is 1. The van der Waals surface area contributed by atoms with Crippen molar-refractivity contribution in [3.63, 3.8) is 0 Å². The monoisotopic (exact) mass is 335 g/mol. The molecule has 0 aromatic heterocycles. The number of methoxy groups -OCH3 is 1. The summed E-state index contributed by atoms with van der Waals surface area (Å²) in [6.45, 7) is 1.19. The molecule has 0 bridgehead atoms. The molecule has 2 aromatic rings. The molecule has 0 saturated carbocycles. The van der Waals surface area contributed by atoms with E-state index in [9.17, 15) is 4.79 Å². The summed E-state index contributed by atoms with van der Waals surface area (Å²) < 4.78 is 5.06. The Hall–Kier alpha value is -1.39.